The number of carbonyl (C=O) groups is 1. The first kappa shape index (κ1) is 19.3. The van der Waals surface area contributed by atoms with E-state index >= 15 is 0 Å². The van der Waals surface area contributed by atoms with Crippen LogP contribution in [0.5, 0.6) is 5.75 Å². The molecule has 0 saturated carbocycles. The number of ether oxygens (including phenoxy) is 1. The number of nitrogens with zero attached hydrogens (tertiary/aromatic N) is 3. The summed E-state index contributed by atoms with van der Waals surface area (Å²) in [4.78, 5) is 16.4. The van der Waals surface area contributed by atoms with Crippen LogP contribution in [-0.2, 0) is 17.8 Å². The Kier molecular flexibility index (Phi) is 5.12. The van der Waals surface area contributed by atoms with Crippen molar-refractivity contribution in [1.82, 2.24) is 20.1 Å². The SMILES string of the molecule is Cc1ccn(CCC(=O)NCC2Cc3c(ccc4cc(-c5cccnc5)ccc34)O2)n1. The third kappa shape index (κ3) is 4.14. The number of aromatic nitrogens is 3. The molecule has 0 spiro atoms. The van der Waals surface area contributed by atoms with E-state index in [4.69, 9.17) is 4.74 Å². The van der Waals surface area contributed by atoms with Gasteiger partial charge in [-0.25, -0.2) is 0 Å². The molecule has 1 amide bonds. The van der Waals surface area contributed by atoms with Crippen molar-refractivity contribution in [2.24, 2.45) is 0 Å². The standard InChI is InChI=1S/C25H24N4O2/c1-17-8-11-29(28-17)12-9-25(30)27-16-21-14-23-22-6-4-18(20-3-2-10-26-15-20)13-19(22)5-7-24(23)31-21/h2-8,10-11,13,15,21H,9,12,14,16H2,1H3,(H,27,30). The number of carbonyl (C=O) groups excluding carboxylic acids is 1. The minimum atomic E-state index is -0.0468. The quantitative estimate of drug-likeness (QED) is 0.521. The smallest absolute Gasteiger partial charge is 0.221 e. The summed E-state index contributed by atoms with van der Waals surface area (Å²) in [5, 5.41) is 9.70. The number of fused-ring (bicyclic) bond motifs is 3. The second-order valence-corrected chi connectivity index (χ2v) is 7.94. The van der Waals surface area contributed by atoms with Crippen LogP contribution in [0.2, 0.25) is 0 Å². The normalized spacial score (nSPS) is 14.9. The van der Waals surface area contributed by atoms with Gasteiger partial charge in [0, 0.05) is 49.1 Å². The highest BCUT2D eigenvalue weighted by atomic mass is 16.5. The molecule has 1 aliphatic heterocycles. The number of rotatable bonds is 6. The molecule has 1 atom stereocenters. The monoisotopic (exact) mass is 412 g/mol. The highest BCUT2D eigenvalue weighted by Gasteiger charge is 2.25. The summed E-state index contributed by atoms with van der Waals surface area (Å²) >= 11 is 0. The first-order valence-electron chi connectivity index (χ1n) is 10.6. The van der Waals surface area contributed by atoms with Crippen molar-refractivity contribution >= 4 is 16.7 Å². The van der Waals surface area contributed by atoms with Crippen molar-refractivity contribution < 1.29 is 9.53 Å². The summed E-state index contributed by atoms with van der Waals surface area (Å²) in [6.07, 6.45) is 6.70. The molecule has 0 saturated heterocycles. The number of aryl methyl sites for hydroxylation is 2. The van der Waals surface area contributed by atoms with Gasteiger partial charge in [0.2, 0.25) is 5.91 Å². The van der Waals surface area contributed by atoms with Gasteiger partial charge in [-0.15, -0.1) is 0 Å². The van der Waals surface area contributed by atoms with E-state index < -0.39 is 0 Å². The number of benzene rings is 2. The second-order valence-electron chi connectivity index (χ2n) is 7.94. The summed E-state index contributed by atoms with van der Waals surface area (Å²) in [5.74, 6) is 0.923. The fourth-order valence-corrected chi connectivity index (χ4v) is 4.09. The molecule has 2 aromatic carbocycles. The Labute approximate surface area is 180 Å². The Balaban J connectivity index is 1.23. The van der Waals surface area contributed by atoms with E-state index in [0.29, 0.717) is 19.5 Å². The summed E-state index contributed by atoms with van der Waals surface area (Å²) in [7, 11) is 0. The lowest BCUT2D eigenvalue weighted by molar-refractivity contribution is -0.121. The Morgan fingerprint density at radius 2 is 2.13 bits per heavy atom. The number of hydrogen-bond donors (Lipinski definition) is 1. The first-order valence-corrected chi connectivity index (χ1v) is 10.6. The van der Waals surface area contributed by atoms with Gasteiger partial charge < -0.3 is 10.1 Å². The van der Waals surface area contributed by atoms with Crippen LogP contribution in [0.1, 0.15) is 17.7 Å². The fourth-order valence-electron chi connectivity index (χ4n) is 4.09. The topological polar surface area (TPSA) is 69.0 Å². The predicted molar refractivity (Wildman–Crippen MR) is 120 cm³/mol. The van der Waals surface area contributed by atoms with Crippen LogP contribution in [0.3, 0.4) is 0 Å². The summed E-state index contributed by atoms with van der Waals surface area (Å²) in [6.45, 7) is 3.02. The predicted octanol–water partition coefficient (Wildman–Crippen LogP) is 3.92. The molecule has 156 valence electrons. The van der Waals surface area contributed by atoms with Crippen LogP contribution in [0.4, 0.5) is 0 Å². The Bertz CT molecular complexity index is 1230. The molecule has 1 unspecified atom stereocenters. The van der Waals surface area contributed by atoms with Gasteiger partial charge in [-0.3, -0.25) is 14.5 Å². The third-order valence-corrected chi connectivity index (χ3v) is 5.68. The van der Waals surface area contributed by atoms with E-state index in [1.165, 1.54) is 16.3 Å². The van der Waals surface area contributed by atoms with E-state index in [9.17, 15) is 4.79 Å². The molecule has 0 bridgehead atoms. The average Bonchev–Trinajstić information content (AvgIpc) is 3.42. The summed E-state index contributed by atoms with van der Waals surface area (Å²) in [5.41, 5.74) is 4.42. The van der Waals surface area contributed by atoms with Crippen LogP contribution < -0.4 is 10.1 Å². The Morgan fingerprint density at radius 1 is 1.19 bits per heavy atom. The Hall–Kier alpha value is -3.67. The maximum Gasteiger partial charge on any atom is 0.221 e. The van der Waals surface area contributed by atoms with Gasteiger partial charge in [-0.2, -0.15) is 5.10 Å². The van der Waals surface area contributed by atoms with Crippen molar-refractivity contribution in [3.05, 3.63) is 78.4 Å². The molecule has 6 nitrogen and oxygen atoms in total. The van der Waals surface area contributed by atoms with Crippen molar-refractivity contribution in [3.8, 4) is 16.9 Å². The van der Waals surface area contributed by atoms with Gasteiger partial charge in [-0.05, 0) is 47.5 Å². The summed E-state index contributed by atoms with van der Waals surface area (Å²) < 4.78 is 7.90. The maximum atomic E-state index is 12.2. The lowest BCUT2D eigenvalue weighted by Gasteiger charge is -2.12. The number of nitrogens with one attached hydrogen (secondary N) is 1. The van der Waals surface area contributed by atoms with Gasteiger partial charge in [0.1, 0.15) is 11.9 Å². The summed E-state index contributed by atoms with van der Waals surface area (Å²) in [6, 6.07) is 16.6. The number of amides is 1. The first-order chi connectivity index (χ1) is 15.2. The molecule has 1 aliphatic rings. The number of pyridine rings is 1. The average molecular weight is 412 g/mol. The molecular weight excluding hydrogens is 388 g/mol. The van der Waals surface area contributed by atoms with Crippen LogP contribution in [0, 0.1) is 6.92 Å². The van der Waals surface area contributed by atoms with E-state index in [-0.39, 0.29) is 12.0 Å². The van der Waals surface area contributed by atoms with E-state index in [1.807, 2.05) is 37.5 Å². The molecule has 2 aromatic heterocycles. The largest absolute Gasteiger partial charge is 0.488 e. The van der Waals surface area contributed by atoms with E-state index in [2.05, 4.69) is 45.7 Å². The molecule has 5 rings (SSSR count). The van der Waals surface area contributed by atoms with Crippen molar-refractivity contribution in [3.63, 3.8) is 0 Å². The molecular formula is C25H24N4O2. The fraction of sp³-hybridized carbons (Fsp3) is 0.240. The van der Waals surface area contributed by atoms with Crippen LogP contribution >= 0.6 is 0 Å². The number of hydrogen-bond acceptors (Lipinski definition) is 4. The molecule has 31 heavy (non-hydrogen) atoms. The van der Waals surface area contributed by atoms with Crippen LogP contribution in [0.15, 0.2) is 67.1 Å². The van der Waals surface area contributed by atoms with Crippen LogP contribution in [0.25, 0.3) is 21.9 Å². The molecule has 4 aromatic rings. The van der Waals surface area contributed by atoms with Gasteiger partial charge in [0.05, 0.1) is 12.2 Å². The molecule has 1 N–H and O–H groups in total. The van der Waals surface area contributed by atoms with Crippen molar-refractivity contribution in [2.75, 3.05) is 6.54 Å². The van der Waals surface area contributed by atoms with Gasteiger partial charge >= 0.3 is 0 Å². The Morgan fingerprint density at radius 3 is 2.94 bits per heavy atom. The van der Waals surface area contributed by atoms with Crippen molar-refractivity contribution in [2.45, 2.75) is 32.4 Å². The molecule has 0 aliphatic carbocycles. The zero-order chi connectivity index (χ0) is 21.2. The zero-order valence-corrected chi connectivity index (χ0v) is 17.4. The molecule has 3 heterocycles. The zero-order valence-electron chi connectivity index (χ0n) is 17.4. The van der Waals surface area contributed by atoms with Crippen molar-refractivity contribution in [1.29, 1.82) is 0 Å². The van der Waals surface area contributed by atoms with Crippen LogP contribution in [-0.4, -0.2) is 33.3 Å². The minimum Gasteiger partial charge on any atom is -0.488 e. The minimum absolute atomic E-state index is 0.0127. The highest BCUT2D eigenvalue weighted by molar-refractivity contribution is 5.91. The van der Waals surface area contributed by atoms with Gasteiger partial charge in [0.15, 0.2) is 0 Å². The highest BCUT2D eigenvalue weighted by Crippen LogP contribution is 2.36. The molecule has 0 fully saturated rings. The maximum absolute atomic E-state index is 12.2. The van der Waals surface area contributed by atoms with Gasteiger partial charge in [-0.1, -0.05) is 24.3 Å². The second kappa shape index (κ2) is 8.22. The van der Waals surface area contributed by atoms with E-state index in [0.717, 1.165) is 29.0 Å². The third-order valence-electron chi connectivity index (χ3n) is 5.68. The lowest BCUT2D eigenvalue weighted by atomic mass is 9.97. The van der Waals surface area contributed by atoms with E-state index in [1.54, 1.807) is 10.9 Å². The van der Waals surface area contributed by atoms with Gasteiger partial charge in [0.25, 0.3) is 0 Å². The lowest BCUT2D eigenvalue weighted by Crippen LogP contribution is -2.34. The molecule has 0 radical (unpaired) electrons. The molecule has 6 heteroatoms.